The van der Waals surface area contributed by atoms with Crippen LogP contribution < -0.4 is 10.1 Å². The second-order valence-electron chi connectivity index (χ2n) is 6.45. The Morgan fingerprint density at radius 2 is 1.75 bits per heavy atom. The lowest BCUT2D eigenvalue weighted by molar-refractivity contribution is -0.385. The number of amides is 2. The van der Waals surface area contributed by atoms with Crippen molar-refractivity contribution in [3.8, 4) is 5.75 Å². The topological polar surface area (TPSA) is 102 Å². The van der Waals surface area contributed by atoms with Crippen LogP contribution in [0.25, 0.3) is 0 Å². The molecule has 0 atom stereocenters. The highest BCUT2D eigenvalue weighted by molar-refractivity contribution is 6.21. The molecule has 146 valence electrons. The number of hydrogen-bond donors (Lipinski definition) is 1. The maximum Gasteiger partial charge on any atom is 0.311 e. The molecule has 0 bridgehead atoms. The number of unbranched alkanes of at least 4 members (excludes halogenated alkanes) is 1. The number of carbonyl (C=O) groups is 2. The molecule has 2 aromatic carbocycles. The molecule has 8 nitrogen and oxygen atoms in total. The van der Waals surface area contributed by atoms with Gasteiger partial charge in [-0.05, 0) is 43.1 Å². The molecule has 2 aromatic rings. The maximum atomic E-state index is 12.3. The fraction of sp³-hybridized carbons (Fsp3) is 0.300. The van der Waals surface area contributed by atoms with Crippen LogP contribution in [-0.4, -0.2) is 41.8 Å². The summed E-state index contributed by atoms with van der Waals surface area (Å²) < 4.78 is 4.99. The molecular weight excluding hydrogens is 362 g/mol. The van der Waals surface area contributed by atoms with Crippen molar-refractivity contribution in [2.24, 2.45) is 0 Å². The summed E-state index contributed by atoms with van der Waals surface area (Å²) in [5, 5.41) is 14.3. The predicted octanol–water partition coefficient (Wildman–Crippen LogP) is 2.77. The summed E-state index contributed by atoms with van der Waals surface area (Å²) in [6.07, 6.45) is 1.45. The molecule has 0 fully saturated rings. The smallest absolute Gasteiger partial charge is 0.311 e. The molecule has 1 heterocycles. The summed E-state index contributed by atoms with van der Waals surface area (Å²) in [6.45, 7) is 1.53. The van der Waals surface area contributed by atoms with Crippen molar-refractivity contribution in [3.63, 3.8) is 0 Å². The highest BCUT2D eigenvalue weighted by Crippen LogP contribution is 2.27. The van der Waals surface area contributed by atoms with Crippen molar-refractivity contribution in [3.05, 3.63) is 69.3 Å². The number of fused-ring (bicyclic) bond motifs is 1. The van der Waals surface area contributed by atoms with Gasteiger partial charge in [0.2, 0.25) is 0 Å². The molecule has 0 radical (unpaired) electrons. The molecule has 1 aliphatic rings. The lowest BCUT2D eigenvalue weighted by Gasteiger charge is -2.13. The summed E-state index contributed by atoms with van der Waals surface area (Å²) in [5.41, 5.74) is 1.65. The van der Waals surface area contributed by atoms with E-state index in [1.165, 1.54) is 18.1 Å². The molecule has 0 unspecified atom stereocenters. The van der Waals surface area contributed by atoms with Gasteiger partial charge in [0.15, 0.2) is 5.75 Å². The number of imide groups is 1. The van der Waals surface area contributed by atoms with Crippen molar-refractivity contribution in [1.29, 1.82) is 0 Å². The fourth-order valence-electron chi connectivity index (χ4n) is 3.18. The molecule has 3 rings (SSSR count). The first-order valence-corrected chi connectivity index (χ1v) is 9.00. The molecule has 28 heavy (non-hydrogen) atoms. The molecule has 0 aliphatic carbocycles. The number of nitrogens with one attached hydrogen (secondary N) is 1. The van der Waals surface area contributed by atoms with E-state index in [0.717, 1.165) is 12.0 Å². The number of rotatable bonds is 9. The van der Waals surface area contributed by atoms with Gasteiger partial charge in [-0.3, -0.25) is 24.6 Å². The zero-order chi connectivity index (χ0) is 20.1. The van der Waals surface area contributed by atoms with Crippen LogP contribution in [-0.2, 0) is 6.54 Å². The van der Waals surface area contributed by atoms with Crippen LogP contribution in [0.4, 0.5) is 5.69 Å². The molecule has 0 aromatic heterocycles. The average molecular weight is 383 g/mol. The van der Waals surface area contributed by atoms with E-state index in [2.05, 4.69) is 5.32 Å². The zero-order valence-corrected chi connectivity index (χ0v) is 15.5. The van der Waals surface area contributed by atoms with Gasteiger partial charge >= 0.3 is 5.69 Å². The minimum absolute atomic E-state index is 0.0626. The van der Waals surface area contributed by atoms with Gasteiger partial charge in [0.05, 0.1) is 23.2 Å². The third kappa shape index (κ3) is 4.01. The summed E-state index contributed by atoms with van der Waals surface area (Å²) >= 11 is 0. The van der Waals surface area contributed by atoms with Crippen molar-refractivity contribution in [1.82, 2.24) is 10.2 Å². The highest BCUT2D eigenvalue weighted by atomic mass is 16.6. The van der Waals surface area contributed by atoms with E-state index in [0.29, 0.717) is 37.2 Å². The number of benzene rings is 2. The van der Waals surface area contributed by atoms with E-state index in [1.807, 2.05) is 0 Å². The number of ether oxygens (including phenoxy) is 1. The quantitative estimate of drug-likeness (QED) is 0.309. The van der Waals surface area contributed by atoms with Gasteiger partial charge in [-0.2, -0.15) is 0 Å². The molecule has 1 aliphatic heterocycles. The fourth-order valence-corrected chi connectivity index (χ4v) is 3.18. The molecule has 2 amide bonds. The normalized spacial score (nSPS) is 13.0. The summed E-state index contributed by atoms with van der Waals surface area (Å²) in [4.78, 5) is 36.4. The van der Waals surface area contributed by atoms with E-state index < -0.39 is 4.92 Å². The van der Waals surface area contributed by atoms with E-state index >= 15 is 0 Å². The average Bonchev–Trinajstić information content (AvgIpc) is 2.95. The largest absolute Gasteiger partial charge is 0.490 e. The van der Waals surface area contributed by atoms with Crippen LogP contribution in [0, 0.1) is 10.1 Å². The first-order valence-electron chi connectivity index (χ1n) is 9.00. The molecule has 0 spiro atoms. The van der Waals surface area contributed by atoms with Crippen LogP contribution in [0.3, 0.4) is 0 Å². The Morgan fingerprint density at radius 1 is 1.07 bits per heavy atom. The molecule has 8 heteroatoms. The van der Waals surface area contributed by atoms with Gasteiger partial charge in [-0.25, -0.2) is 0 Å². The zero-order valence-electron chi connectivity index (χ0n) is 15.5. The van der Waals surface area contributed by atoms with Crippen LogP contribution in [0.2, 0.25) is 0 Å². The van der Waals surface area contributed by atoms with Crippen LogP contribution in [0.15, 0.2) is 42.5 Å². The van der Waals surface area contributed by atoms with Gasteiger partial charge in [-0.1, -0.05) is 18.2 Å². The standard InChI is InChI=1S/C20H21N3O5/c1-28-18-9-8-14(12-17(18)23(26)27)13-21-10-4-5-11-22-19(24)15-6-2-3-7-16(15)20(22)25/h2-3,6-9,12,21H,4-5,10-11,13H2,1H3. The molecular formula is C20H21N3O5. The Bertz CT molecular complexity index is 877. The lowest BCUT2D eigenvalue weighted by Crippen LogP contribution is -2.31. The first-order chi connectivity index (χ1) is 13.5. The van der Waals surface area contributed by atoms with Crippen LogP contribution >= 0.6 is 0 Å². The lowest BCUT2D eigenvalue weighted by atomic mass is 10.1. The highest BCUT2D eigenvalue weighted by Gasteiger charge is 2.34. The van der Waals surface area contributed by atoms with Crippen LogP contribution in [0.1, 0.15) is 39.1 Å². The van der Waals surface area contributed by atoms with Crippen molar-refractivity contribution < 1.29 is 19.2 Å². The minimum Gasteiger partial charge on any atom is -0.490 e. The van der Waals surface area contributed by atoms with E-state index in [-0.39, 0.29) is 23.3 Å². The summed E-state index contributed by atoms with van der Waals surface area (Å²) in [7, 11) is 1.40. The van der Waals surface area contributed by atoms with Gasteiger partial charge in [-0.15, -0.1) is 0 Å². The van der Waals surface area contributed by atoms with E-state index in [9.17, 15) is 19.7 Å². The number of nitro benzene ring substituents is 1. The van der Waals surface area contributed by atoms with Gasteiger partial charge in [0.1, 0.15) is 0 Å². The third-order valence-corrected chi connectivity index (χ3v) is 4.63. The second kappa shape index (κ2) is 8.62. The molecule has 1 N–H and O–H groups in total. The maximum absolute atomic E-state index is 12.3. The van der Waals surface area contributed by atoms with E-state index in [4.69, 9.17) is 4.74 Å². The van der Waals surface area contributed by atoms with Gasteiger partial charge in [0.25, 0.3) is 11.8 Å². The van der Waals surface area contributed by atoms with Gasteiger partial charge < -0.3 is 10.1 Å². The Hall–Kier alpha value is -3.26. The Labute approximate surface area is 162 Å². The second-order valence-corrected chi connectivity index (χ2v) is 6.45. The van der Waals surface area contributed by atoms with Crippen molar-refractivity contribution in [2.75, 3.05) is 20.2 Å². The number of hydrogen-bond acceptors (Lipinski definition) is 6. The minimum atomic E-state index is -0.468. The van der Waals surface area contributed by atoms with E-state index in [1.54, 1.807) is 36.4 Å². The summed E-state index contributed by atoms with van der Waals surface area (Å²) in [5.74, 6) is -0.243. The number of carbonyl (C=O) groups excluding carboxylic acids is 2. The third-order valence-electron chi connectivity index (χ3n) is 4.63. The Kier molecular flexibility index (Phi) is 6.00. The van der Waals surface area contributed by atoms with Crippen molar-refractivity contribution >= 4 is 17.5 Å². The predicted molar refractivity (Wildman–Crippen MR) is 102 cm³/mol. The van der Waals surface area contributed by atoms with Crippen molar-refractivity contribution in [2.45, 2.75) is 19.4 Å². The number of methoxy groups -OCH3 is 1. The van der Waals surface area contributed by atoms with Crippen LogP contribution in [0.5, 0.6) is 5.75 Å². The Balaban J connectivity index is 1.43. The molecule has 0 saturated carbocycles. The first kappa shape index (κ1) is 19.5. The number of nitrogens with zero attached hydrogens (tertiary/aromatic N) is 2. The number of nitro groups is 1. The SMILES string of the molecule is COc1ccc(CNCCCCN2C(=O)c3ccccc3C2=O)cc1[N+](=O)[O-]. The van der Waals surface area contributed by atoms with Gasteiger partial charge in [0, 0.05) is 19.2 Å². The monoisotopic (exact) mass is 383 g/mol. The Morgan fingerprint density at radius 3 is 2.36 bits per heavy atom. The summed E-state index contributed by atoms with van der Waals surface area (Å²) in [6, 6.07) is 11.7. The molecule has 0 saturated heterocycles.